The van der Waals surface area contributed by atoms with E-state index < -0.39 is 0 Å². The number of piperidine rings is 1. The van der Waals surface area contributed by atoms with E-state index in [1.807, 2.05) is 0 Å². The summed E-state index contributed by atoms with van der Waals surface area (Å²) in [6, 6.07) is 3.13. The van der Waals surface area contributed by atoms with E-state index in [1.54, 1.807) is 12.1 Å². The predicted octanol–water partition coefficient (Wildman–Crippen LogP) is 3.98. The fourth-order valence-corrected chi connectivity index (χ4v) is 3.11. The zero-order chi connectivity index (χ0) is 13.8. The van der Waals surface area contributed by atoms with Gasteiger partial charge in [-0.1, -0.05) is 34.8 Å². The van der Waals surface area contributed by atoms with E-state index >= 15 is 0 Å². The monoisotopic (exact) mass is 320 g/mol. The van der Waals surface area contributed by atoms with Crippen molar-refractivity contribution in [2.24, 2.45) is 5.92 Å². The van der Waals surface area contributed by atoms with Crippen molar-refractivity contribution in [1.29, 1.82) is 0 Å². The smallest absolute Gasteiger partial charge is 0.224 e. The highest BCUT2D eigenvalue weighted by atomic mass is 35.5. The zero-order valence-electron chi connectivity index (χ0n) is 10.3. The molecule has 0 aliphatic carbocycles. The Morgan fingerprint density at radius 3 is 2.37 bits per heavy atom. The van der Waals surface area contributed by atoms with E-state index in [4.69, 9.17) is 34.8 Å². The third-order valence-electron chi connectivity index (χ3n) is 3.20. The number of hydrogen-bond acceptors (Lipinski definition) is 2. The molecule has 1 saturated heterocycles. The van der Waals surface area contributed by atoms with Crippen molar-refractivity contribution in [3.8, 4) is 0 Å². The number of rotatable bonds is 3. The van der Waals surface area contributed by atoms with E-state index in [2.05, 4.69) is 10.6 Å². The Hall–Kier alpha value is -0.480. The van der Waals surface area contributed by atoms with E-state index in [9.17, 15) is 4.79 Å². The van der Waals surface area contributed by atoms with Crippen LogP contribution in [0.3, 0.4) is 0 Å². The summed E-state index contributed by atoms with van der Waals surface area (Å²) in [6.45, 7) is 1.95. The van der Waals surface area contributed by atoms with Crippen LogP contribution in [0.5, 0.6) is 0 Å². The molecule has 1 aliphatic rings. The topological polar surface area (TPSA) is 41.1 Å². The maximum absolute atomic E-state index is 12.0. The Kier molecular flexibility index (Phi) is 5.34. The molecular formula is C13H15Cl3N2O. The van der Waals surface area contributed by atoms with Crippen molar-refractivity contribution in [3.63, 3.8) is 0 Å². The number of hydrogen-bond donors (Lipinski definition) is 2. The van der Waals surface area contributed by atoms with Crippen LogP contribution < -0.4 is 10.6 Å². The molecule has 1 aromatic carbocycles. The van der Waals surface area contributed by atoms with Crippen LogP contribution in [0.1, 0.15) is 19.3 Å². The van der Waals surface area contributed by atoms with Gasteiger partial charge in [-0.15, -0.1) is 0 Å². The third-order valence-corrected chi connectivity index (χ3v) is 4.02. The quantitative estimate of drug-likeness (QED) is 0.884. The van der Waals surface area contributed by atoms with E-state index in [0.29, 0.717) is 33.1 Å². The van der Waals surface area contributed by atoms with Crippen LogP contribution in [0.2, 0.25) is 15.1 Å². The van der Waals surface area contributed by atoms with E-state index in [-0.39, 0.29) is 5.91 Å². The lowest BCUT2D eigenvalue weighted by Gasteiger charge is -2.22. The lowest BCUT2D eigenvalue weighted by molar-refractivity contribution is -0.117. The fourth-order valence-electron chi connectivity index (χ4n) is 2.20. The highest BCUT2D eigenvalue weighted by Crippen LogP contribution is 2.34. The molecule has 1 aliphatic heterocycles. The number of nitrogens with one attached hydrogen (secondary N) is 2. The Balaban J connectivity index is 1.98. The van der Waals surface area contributed by atoms with Gasteiger partial charge in [-0.25, -0.2) is 0 Å². The van der Waals surface area contributed by atoms with E-state index in [0.717, 1.165) is 25.9 Å². The number of halogens is 3. The van der Waals surface area contributed by atoms with Crippen LogP contribution in [0.25, 0.3) is 0 Å². The van der Waals surface area contributed by atoms with E-state index in [1.165, 1.54) is 0 Å². The summed E-state index contributed by atoms with van der Waals surface area (Å²) >= 11 is 17.9. The lowest BCUT2D eigenvalue weighted by Crippen LogP contribution is -2.30. The molecule has 1 heterocycles. The summed E-state index contributed by atoms with van der Waals surface area (Å²) in [5, 5.41) is 7.21. The zero-order valence-corrected chi connectivity index (χ0v) is 12.6. The molecule has 104 valence electrons. The minimum atomic E-state index is -0.0574. The minimum absolute atomic E-state index is 0.0574. The largest absolute Gasteiger partial charge is 0.324 e. The summed E-state index contributed by atoms with van der Waals surface area (Å²) in [5.74, 6) is 0.365. The molecule has 0 atom stereocenters. The van der Waals surface area contributed by atoms with Crippen molar-refractivity contribution in [3.05, 3.63) is 27.2 Å². The number of benzene rings is 1. The van der Waals surface area contributed by atoms with Gasteiger partial charge in [0.25, 0.3) is 0 Å². The second-order valence-corrected chi connectivity index (χ2v) is 5.94. The van der Waals surface area contributed by atoms with Crippen molar-refractivity contribution in [2.75, 3.05) is 18.4 Å². The van der Waals surface area contributed by atoms with Crippen LogP contribution in [-0.4, -0.2) is 19.0 Å². The van der Waals surface area contributed by atoms with Gasteiger partial charge >= 0.3 is 0 Å². The summed E-state index contributed by atoms with van der Waals surface area (Å²) in [6.07, 6.45) is 2.54. The maximum Gasteiger partial charge on any atom is 0.224 e. The summed E-state index contributed by atoms with van der Waals surface area (Å²) in [7, 11) is 0. The predicted molar refractivity (Wildman–Crippen MR) is 80.3 cm³/mol. The first-order valence-electron chi connectivity index (χ1n) is 6.21. The van der Waals surface area contributed by atoms with Gasteiger partial charge in [-0.3, -0.25) is 4.79 Å². The first-order chi connectivity index (χ1) is 9.06. The molecule has 0 radical (unpaired) electrons. The second-order valence-electron chi connectivity index (χ2n) is 4.69. The van der Waals surface area contributed by atoms with Gasteiger partial charge in [0.15, 0.2) is 0 Å². The molecular weight excluding hydrogens is 307 g/mol. The standard InChI is InChI=1S/C13H15Cl3N2O/c14-9-6-10(15)13(11(16)7-9)18-12(19)5-8-1-3-17-4-2-8/h6-8,17H,1-5H2,(H,18,19). The fraction of sp³-hybridized carbons (Fsp3) is 0.462. The Morgan fingerprint density at radius 1 is 1.21 bits per heavy atom. The first kappa shape index (κ1) is 14.9. The van der Waals surface area contributed by atoms with Crippen molar-refractivity contribution >= 4 is 46.4 Å². The van der Waals surface area contributed by atoms with Crippen molar-refractivity contribution < 1.29 is 4.79 Å². The molecule has 0 spiro atoms. The normalized spacial score (nSPS) is 16.4. The maximum atomic E-state index is 12.0. The Labute approximate surface area is 127 Å². The van der Waals surface area contributed by atoms with Crippen LogP contribution in [-0.2, 0) is 4.79 Å². The van der Waals surface area contributed by atoms with Crippen LogP contribution in [0, 0.1) is 5.92 Å². The molecule has 2 rings (SSSR count). The molecule has 1 aromatic rings. The number of anilines is 1. The molecule has 1 amide bonds. The molecule has 0 saturated carbocycles. The molecule has 0 aromatic heterocycles. The number of carbonyl (C=O) groups excluding carboxylic acids is 1. The number of carbonyl (C=O) groups is 1. The Bertz CT molecular complexity index is 450. The SMILES string of the molecule is O=C(CC1CCNCC1)Nc1c(Cl)cc(Cl)cc1Cl. The molecule has 0 unspecified atom stereocenters. The average Bonchev–Trinajstić information content (AvgIpc) is 2.35. The average molecular weight is 322 g/mol. The molecule has 1 fully saturated rings. The minimum Gasteiger partial charge on any atom is -0.324 e. The molecule has 3 nitrogen and oxygen atoms in total. The lowest BCUT2D eigenvalue weighted by atomic mass is 9.94. The summed E-state index contributed by atoms with van der Waals surface area (Å²) < 4.78 is 0. The third kappa shape index (κ3) is 4.25. The highest BCUT2D eigenvalue weighted by molar-refractivity contribution is 6.42. The van der Waals surface area contributed by atoms with Gasteiger partial charge in [-0.2, -0.15) is 0 Å². The van der Waals surface area contributed by atoms with Gasteiger partial charge < -0.3 is 10.6 Å². The van der Waals surface area contributed by atoms with Gasteiger partial charge in [0.2, 0.25) is 5.91 Å². The second kappa shape index (κ2) is 6.80. The first-order valence-corrected chi connectivity index (χ1v) is 7.35. The number of amides is 1. The molecule has 0 bridgehead atoms. The Morgan fingerprint density at radius 2 is 1.79 bits per heavy atom. The molecule has 19 heavy (non-hydrogen) atoms. The summed E-state index contributed by atoms with van der Waals surface area (Å²) in [4.78, 5) is 12.0. The van der Waals surface area contributed by atoms with Gasteiger partial charge in [0.1, 0.15) is 0 Å². The van der Waals surface area contributed by atoms with Crippen molar-refractivity contribution in [2.45, 2.75) is 19.3 Å². The van der Waals surface area contributed by atoms with Crippen molar-refractivity contribution in [1.82, 2.24) is 5.32 Å². The van der Waals surface area contributed by atoms with Gasteiger partial charge in [0, 0.05) is 11.4 Å². The van der Waals surface area contributed by atoms with Gasteiger partial charge in [0.05, 0.1) is 15.7 Å². The summed E-state index contributed by atoms with van der Waals surface area (Å²) in [5.41, 5.74) is 0.437. The van der Waals surface area contributed by atoms with Crippen LogP contribution in [0.15, 0.2) is 12.1 Å². The van der Waals surface area contributed by atoms with Gasteiger partial charge in [-0.05, 0) is 44.0 Å². The van der Waals surface area contributed by atoms with Crippen LogP contribution in [0.4, 0.5) is 5.69 Å². The van der Waals surface area contributed by atoms with Crippen LogP contribution >= 0.6 is 34.8 Å². The molecule has 2 N–H and O–H groups in total. The highest BCUT2D eigenvalue weighted by Gasteiger charge is 2.18. The molecule has 6 heteroatoms.